The molecule has 3 atom stereocenters. The maximum Gasteiger partial charge on any atom is 0.418 e. The fraction of sp³-hybridized carbons (Fsp3) is 0.500. The molecule has 0 radical (unpaired) electrons. The maximum absolute atomic E-state index is 14.0. The predicted molar refractivity (Wildman–Crippen MR) is 132 cm³/mol. The van der Waals surface area contributed by atoms with Crippen LogP contribution in [0.3, 0.4) is 0 Å². The third-order valence-electron chi connectivity index (χ3n) is 6.27. The molecule has 3 aliphatic rings. The van der Waals surface area contributed by atoms with Gasteiger partial charge in [-0.25, -0.2) is 9.78 Å². The minimum absolute atomic E-state index is 0.0530. The van der Waals surface area contributed by atoms with E-state index >= 15 is 0 Å². The molecule has 0 spiro atoms. The molecule has 10 nitrogen and oxygen atoms in total. The van der Waals surface area contributed by atoms with Crippen molar-refractivity contribution >= 4 is 40.5 Å². The summed E-state index contributed by atoms with van der Waals surface area (Å²) in [5.74, 6) is -1.03. The third-order valence-corrected chi connectivity index (χ3v) is 7.07. The highest BCUT2D eigenvalue weighted by Crippen LogP contribution is 2.44. The Balaban J connectivity index is 1.50. The molecule has 3 unspecified atom stereocenters. The molecule has 2 bridgehead atoms. The number of benzene rings is 1. The summed E-state index contributed by atoms with van der Waals surface area (Å²) >= 11 is 1.30. The van der Waals surface area contributed by atoms with E-state index in [1.165, 1.54) is 23.5 Å². The largest absolute Gasteiger partial charge is 0.444 e. The lowest BCUT2D eigenvalue weighted by Crippen LogP contribution is -2.70. The number of rotatable bonds is 6. The highest BCUT2D eigenvalue weighted by Gasteiger charge is 2.50. The molecule has 5 heterocycles. The van der Waals surface area contributed by atoms with Crippen LogP contribution in [0.25, 0.3) is 21.7 Å². The van der Waals surface area contributed by atoms with Crippen molar-refractivity contribution in [1.82, 2.24) is 14.9 Å². The third kappa shape index (κ3) is 5.01. The van der Waals surface area contributed by atoms with Crippen molar-refractivity contribution in [2.24, 2.45) is 5.73 Å². The SMILES string of the molecule is CC(C)(C)OC(=O)N1C2CC1CN(c1nc3c(C(OCC(N)=O)C(F)(F)F)ccc(-c4nccs4)c3o1)C2. The van der Waals surface area contributed by atoms with Gasteiger partial charge in [0.05, 0.1) is 17.6 Å². The Morgan fingerprint density at radius 2 is 1.95 bits per heavy atom. The number of oxazole rings is 1. The average molecular weight is 554 g/mol. The number of nitrogens with zero attached hydrogens (tertiary/aromatic N) is 4. The number of anilines is 1. The lowest BCUT2D eigenvalue weighted by atomic mass is 9.88. The van der Waals surface area contributed by atoms with E-state index < -0.39 is 36.5 Å². The van der Waals surface area contributed by atoms with Crippen LogP contribution >= 0.6 is 11.3 Å². The number of hydrogen-bond acceptors (Lipinski definition) is 9. The minimum atomic E-state index is -4.84. The first-order chi connectivity index (χ1) is 17.8. The zero-order valence-corrected chi connectivity index (χ0v) is 21.6. The number of carbonyl (C=O) groups excluding carboxylic acids is 2. The Bertz CT molecular complexity index is 1340. The number of amides is 2. The van der Waals surface area contributed by atoms with Crippen LogP contribution in [0.5, 0.6) is 0 Å². The molecule has 6 rings (SSSR count). The van der Waals surface area contributed by atoms with E-state index in [-0.39, 0.29) is 34.8 Å². The highest BCUT2D eigenvalue weighted by molar-refractivity contribution is 7.13. The van der Waals surface area contributed by atoms with E-state index in [9.17, 15) is 22.8 Å². The summed E-state index contributed by atoms with van der Waals surface area (Å²) in [6.45, 7) is 5.23. The Labute approximate surface area is 219 Å². The number of thiazole rings is 1. The summed E-state index contributed by atoms with van der Waals surface area (Å²) in [5.41, 5.74) is 4.64. The van der Waals surface area contributed by atoms with E-state index in [2.05, 4.69) is 9.97 Å². The molecule has 2 aromatic heterocycles. The van der Waals surface area contributed by atoms with E-state index in [4.69, 9.17) is 19.6 Å². The van der Waals surface area contributed by atoms with Crippen LogP contribution < -0.4 is 10.6 Å². The second kappa shape index (κ2) is 9.42. The second-order valence-corrected chi connectivity index (χ2v) is 11.1. The van der Waals surface area contributed by atoms with Gasteiger partial charge in [-0.3, -0.25) is 9.69 Å². The number of fused-ring (bicyclic) bond motifs is 3. The van der Waals surface area contributed by atoms with Gasteiger partial charge < -0.3 is 24.5 Å². The van der Waals surface area contributed by atoms with E-state index in [0.717, 1.165) is 6.42 Å². The quantitative estimate of drug-likeness (QED) is 0.481. The number of ether oxygens (including phenoxy) is 2. The van der Waals surface area contributed by atoms with Crippen LogP contribution in [-0.2, 0) is 14.3 Å². The fourth-order valence-corrected chi connectivity index (χ4v) is 5.45. The first-order valence-electron chi connectivity index (χ1n) is 11.9. The van der Waals surface area contributed by atoms with Gasteiger partial charge in [-0.1, -0.05) is 6.07 Å². The van der Waals surface area contributed by atoms with E-state index in [0.29, 0.717) is 23.7 Å². The standard InChI is InChI=1S/C24H26F3N5O5S/c1-23(2,3)37-22(34)32-12-8-13(32)10-31(9-12)21-30-17-14(19(24(25,26)27)35-11-16(28)33)4-5-15(18(17)36-21)20-29-6-7-38-20/h4-7,12-13,19H,8-11H2,1-3H3,(H2,28,33). The summed E-state index contributed by atoms with van der Waals surface area (Å²) in [6, 6.07) is 2.56. The normalized spacial score (nSPS) is 20.4. The maximum atomic E-state index is 14.0. The van der Waals surface area contributed by atoms with Gasteiger partial charge in [0.25, 0.3) is 6.01 Å². The van der Waals surface area contributed by atoms with E-state index in [1.54, 1.807) is 37.2 Å². The molecule has 204 valence electrons. The first-order valence-corrected chi connectivity index (χ1v) is 12.8. The highest BCUT2D eigenvalue weighted by atomic mass is 32.1. The number of piperazine rings is 1. The number of aromatic nitrogens is 2. The predicted octanol–water partition coefficient (Wildman–Crippen LogP) is 4.25. The summed E-state index contributed by atoms with van der Waals surface area (Å²) in [7, 11) is 0. The van der Waals surface area contributed by atoms with Crippen molar-refractivity contribution in [3.05, 3.63) is 29.3 Å². The van der Waals surface area contributed by atoms with Gasteiger partial charge in [0.2, 0.25) is 5.91 Å². The van der Waals surface area contributed by atoms with Crippen LogP contribution in [0.2, 0.25) is 0 Å². The lowest BCUT2D eigenvalue weighted by Gasteiger charge is -2.55. The van der Waals surface area contributed by atoms with E-state index in [1.807, 2.05) is 4.90 Å². The molecule has 14 heteroatoms. The summed E-state index contributed by atoms with van der Waals surface area (Å²) in [6.07, 6.45) is -5.33. The van der Waals surface area contributed by atoms with Gasteiger partial charge in [0.1, 0.15) is 22.7 Å². The summed E-state index contributed by atoms with van der Waals surface area (Å²) < 4.78 is 58.5. The molecule has 2 N–H and O–H groups in total. The van der Waals surface area contributed by atoms with Gasteiger partial charge in [-0.2, -0.15) is 18.2 Å². The fourth-order valence-electron chi connectivity index (χ4n) is 4.79. The molecular formula is C24H26F3N5O5S. The van der Waals surface area contributed by atoms with Crippen LogP contribution in [0.1, 0.15) is 38.9 Å². The monoisotopic (exact) mass is 553 g/mol. The first kappa shape index (κ1) is 26.2. The molecule has 2 amide bonds. The molecule has 3 saturated heterocycles. The van der Waals surface area contributed by atoms with Crippen LogP contribution in [-0.4, -0.2) is 70.4 Å². The van der Waals surface area contributed by atoms with Crippen LogP contribution in [0, 0.1) is 0 Å². The van der Waals surface area contributed by atoms with Crippen LogP contribution in [0.4, 0.5) is 24.0 Å². The number of nitrogens with two attached hydrogens (primary N) is 1. The Kier molecular flexibility index (Phi) is 6.50. The molecule has 1 aromatic carbocycles. The van der Waals surface area contributed by atoms with Gasteiger partial charge in [-0.15, -0.1) is 11.3 Å². The number of carbonyl (C=O) groups is 2. The zero-order valence-electron chi connectivity index (χ0n) is 20.8. The van der Waals surface area contributed by atoms with Gasteiger partial charge >= 0.3 is 12.3 Å². The molecule has 38 heavy (non-hydrogen) atoms. The topological polar surface area (TPSA) is 124 Å². The smallest absolute Gasteiger partial charge is 0.418 e. The van der Waals surface area contributed by atoms with Gasteiger partial charge in [0, 0.05) is 30.2 Å². The number of hydrogen-bond donors (Lipinski definition) is 1. The average Bonchev–Trinajstić information content (AvgIpc) is 3.47. The van der Waals surface area contributed by atoms with Gasteiger partial charge in [0.15, 0.2) is 11.7 Å². The number of piperidine rings is 1. The Morgan fingerprint density at radius 1 is 1.24 bits per heavy atom. The molecular weight excluding hydrogens is 527 g/mol. The van der Waals surface area contributed by atoms with Crippen molar-refractivity contribution in [1.29, 1.82) is 0 Å². The molecule has 3 aliphatic heterocycles. The number of alkyl halides is 3. The Hall–Kier alpha value is -3.39. The molecule has 3 fully saturated rings. The van der Waals surface area contributed by atoms with Crippen molar-refractivity contribution in [3.8, 4) is 10.6 Å². The second-order valence-electron chi connectivity index (χ2n) is 10.2. The van der Waals surface area contributed by atoms with Crippen LogP contribution in [0.15, 0.2) is 28.1 Å². The molecule has 0 aliphatic carbocycles. The van der Waals surface area contributed by atoms with Crippen molar-refractivity contribution in [2.45, 2.75) is 57.2 Å². The number of halogens is 3. The minimum Gasteiger partial charge on any atom is -0.444 e. The van der Waals surface area contributed by atoms with Gasteiger partial charge in [-0.05, 0) is 33.3 Å². The summed E-state index contributed by atoms with van der Waals surface area (Å²) in [4.78, 5) is 36.0. The summed E-state index contributed by atoms with van der Waals surface area (Å²) in [5, 5.41) is 2.29. The lowest BCUT2D eigenvalue weighted by molar-refractivity contribution is -0.222. The van der Waals surface area contributed by atoms with Crippen molar-refractivity contribution in [2.75, 3.05) is 24.6 Å². The number of primary amides is 1. The molecule has 0 saturated carbocycles. The molecule has 3 aromatic rings. The zero-order chi connectivity index (χ0) is 27.4. The van der Waals surface area contributed by atoms with Crippen molar-refractivity contribution < 1.29 is 36.7 Å². The van der Waals surface area contributed by atoms with Crippen molar-refractivity contribution in [3.63, 3.8) is 0 Å². The Morgan fingerprint density at radius 3 is 2.53 bits per heavy atom.